The van der Waals surface area contributed by atoms with E-state index in [4.69, 9.17) is 0 Å². The molecule has 2 aromatic carbocycles. The van der Waals surface area contributed by atoms with E-state index in [-0.39, 0.29) is 0 Å². The third kappa shape index (κ3) is 2.32. The predicted molar refractivity (Wildman–Crippen MR) is 80.5 cm³/mol. The number of nitrogens with zero attached hydrogens (tertiary/aromatic N) is 2. The number of aliphatic hydroxyl groups is 1. The van der Waals surface area contributed by atoms with Crippen molar-refractivity contribution < 1.29 is 5.11 Å². The summed E-state index contributed by atoms with van der Waals surface area (Å²) in [5, 5.41) is 10.4. The maximum absolute atomic E-state index is 10.4. The van der Waals surface area contributed by atoms with Gasteiger partial charge in [-0.2, -0.15) is 0 Å². The molecule has 0 bridgehead atoms. The van der Waals surface area contributed by atoms with Crippen LogP contribution in [0.3, 0.4) is 0 Å². The van der Waals surface area contributed by atoms with E-state index in [9.17, 15) is 5.11 Å². The largest absolute Gasteiger partial charge is 0.383 e. The predicted octanol–water partition coefficient (Wildman–Crippen LogP) is 3.31. The third-order valence-corrected chi connectivity index (χ3v) is 3.39. The first kappa shape index (κ1) is 12.9. The molecular weight excluding hydrogens is 248 g/mol. The van der Waals surface area contributed by atoms with Crippen LogP contribution in [0.15, 0.2) is 54.6 Å². The minimum atomic E-state index is -0.964. The Hall–Kier alpha value is -2.13. The summed E-state index contributed by atoms with van der Waals surface area (Å²) >= 11 is 0. The van der Waals surface area contributed by atoms with Crippen LogP contribution in [0.25, 0.3) is 11.0 Å². The average molecular weight is 266 g/mol. The second-order valence-corrected chi connectivity index (χ2v) is 5.55. The highest BCUT2D eigenvalue weighted by molar-refractivity contribution is 5.76. The van der Waals surface area contributed by atoms with Gasteiger partial charge in [0.2, 0.25) is 0 Å². The molecule has 0 aliphatic heterocycles. The van der Waals surface area contributed by atoms with E-state index in [0.717, 1.165) is 11.0 Å². The van der Waals surface area contributed by atoms with E-state index in [1.807, 2.05) is 42.5 Å². The molecular formula is C17H18N2O. The molecule has 0 spiro atoms. The Morgan fingerprint density at radius 1 is 1.00 bits per heavy atom. The van der Waals surface area contributed by atoms with E-state index >= 15 is 0 Å². The normalized spacial score (nSPS) is 11.9. The maximum atomic E-state index is 10.4. The second-order valence-electron chi connectivity index (χ2n) is 5.55. The minimum Gasteiger partial charge on any atom is -0.383 e. The number of imidazole rings is 1. The molecule has 102 valence electrons. The van der Waals surface area contributed by atoms with Crippen LogP contribution in [-0.4, -0.2) is 14.7 Å². The van der Waals surface area contributed by atoms with Gasteiger partial charge >= 0.3 is 0 Å². The summed E-state index contributed by atoms with van der Waals surface area (Å²) in [7, 11) is 0. The van der Waals surface area contributed by atoms with Crippen molar-refractivity contribution in [3.8, 4) is 0 Å². The molecule has 0 aliphatic carbocycles. The third-order valence-electron chi connectivity index (χ3n) is 3.39. The molecule has 0 fully saturated rings. The molecule has 3 rings (SSSR count). The van der Waals surface area contributed by atoms with Gasteiger partial charge in [0.1, 0.15) is 11.4 Å². The zero-order chi connectivity index (χ0) is 14.2. The molecule has 20 heavy (non-hydrogen) atoms. The van der Waals surface area contributed by atoms with Gasteiger partial charge in [-0.15, -0.1) is 0 Å². The van der Waals surface area contributed by atoms with E-state index in [1.165, 1.54) is 5.56 Å². The van der Waals surface area contributed by atoms with E-state index in [0.29, 0.717) is 12.4 Å². The van der Waals surface area contributed by atoms with Crippen LogP contribution in [0, 0.1) is 0 Å². The lowest BCUT2D eigenvalue weighted by atomic mass is 10.1. The molecule has 3 aromatic rings. The summed E-state index contributed by atoms with van der Waals surface area (Å²) in [4.78, 5) is 4.59. The monoisotopic (exact) mass is 266 g/mol. The molecule has 0 saturated carbocycles. The number of rotatable bonds is 3. The Balaban J connectivity index is 2.16. The van der Waals surface area contributed by atoms with Gasteiger partial charge in [-0.3, -0.25) is 0 Å². The Labute approximate surface area is 118 Å². The van der Waals surface area contributed by atoms with Crippen molar-refractivity contribution in [3.63, 3.8) is 0 Å². The number of aromatic nitrogens is 2. The van der Waals surface area contributed by atoms with Crippen molar-refractivity contribution in [1.29, 1.82) is 0 Å². The molecule has 0 unspecified atom stereocenters. The van der Waals surface area contributed by atoms with Crippen molar-refractivity contribution in [2.75, 3.05) is 0 Å². The smallest absolute Gasteiger partial charge is 0.141 e. The Kier molecular flexibility index (Phi) is 3.07. The van der Waals surface area contributed by atoms with Crippen molar-refractivity contribution in [2.45, 2.75) is 26.0 Å². The van der Waals surface area contributed by atoms with Gasteiger partial charge in [-0.05, 0) is 31.5 Å². The molecule has 0 atom stereocenters. The fourth-order valence-corrected chi connectivity index (χ4v) is 2.47. The van der Waals surface area contributed by atoms with Gasteiger partial charge in [0, 0.05) is 6.54 Å². The van der Waals surface area contributed by atoms with Crippen LogP contribution in [-0.2, 0) is 12.1 Å². The molecule has 0 saturated heterocycles. The number of hydrogen-bond donors (Lipinski definition) is 1. The fraction of sp³-hybridized carbons (Fsp3) is 0.235. The first-order valence-electron chi connectivity index (χ1n) is 6.78. The Morgan fingerprint density at radius 3 is 2.35 bits per heavy atom. The van der Waals surface area contributed by atoms with Gasteiger partial charge in [0.15, 0.2) is 0 Å². The summed E-state index contributed by atoms with van der Waals surface area (Å²) in [6, 6.07) is 18.2. The van der Waals surface area contributed by atoms with Crippen LogP contribution in [0.5, 0.6) is 0 Å². The number of benzene rings is 2. The molecule has 0 aliphatic rings. The van der Waals surface area contributed by atoms with Crippen LogP contribution < -0.4 is 0 Å². The standard InChI is InChI=1S/C17H18N2O/c1-17(2,20)16-18-14-10-6-7-11-15(14)19(16)12-13-8-4-3-5-9-13/h3-11,20H,12H2,1-2H3. The zero-order valence-corrected chi connectivity index (χ0v) is 11.7. The topological polar surface area (TPSA) is 38.1 Å². The first-order chi connectivity index (χ1) is 9.55. The van der Waals surface area contributed by atoms with Gasteiger partial charge in [0.05, 0.1) is 11.0 Å². The second kappa shape index (κ2) is 4.76. The van der Waals surface area contributed by atoms with E-state index in [2.05, 4.69) is 21.7 Å². The SMILES string of the molecule is CC(C)(O)c1nc2ccccc2n1Cc1ccccc1. The quantitative estimate of drug-likeness (QED) is 0.789. The highest BCUT2D eigenvalue weighted by atomic mass is 16.3. The fourth-order valence-electron chi connectivity index (χ4n) is 2.47. The van der Waals surface area contributed by atoms with Crippen molar-refractivity contribution in [3.05, 3.63) is 66.0 Å². The van der Waals surface area contributed by atoms with Gasteiger partial charge in [0.25, 0.3) is 0 Å². The molecule has 1 N–H and O–H groups in total. The van der Waals surface area contributed by atoms with Crippen LogP contribution >= 0.6 is 0 Å². The zero-order valence-electron chi connectivity index (χ0n) is 11.7. The first-order valence-corrected chi connectivity index (χ1v) is 6.78. The number of fused-ring (bicyclic) bond motifs is 1. The van der Waals surface area contributed by atoms with E-state index in [1.54, 1.807) is 13.8 Å². The van der Waals surface area contributed by atoms with Crippen LogP contribution in [0.2, 0.25) is 0 Å². The molecule has 0 radical (unpaired) electrons. The number of hydrogen-bond acceptors (Lipinski definition) is 2. The lowest BCUT2D eigenvalue weighted by molar-refractivity contribution is 0.0657. The highest BCUT2D eigenvalue weighted by Gasteiger charge is 2.24. The van der Waals surface area contributed by atoms with Crippen LogP contribution in [0.4, 0.5) is 0 Å². The Morgan fingerprint density at radius 2 is 1.65 bits per heavy atom. The minimum absolute atomic E-state index is 0.697. The van der Waals surface area contributed by atoms with Gasteiger partial charge < -0.3 is 9.67 Å². The van der Waals surface area contributed by atoms with E-state index < -0.39 is 5.60 Å². The van der Waals surface area contributed by atoms with Crippen molar-refractivity contribution >= 4 is 11.0 Å². The van der Waals surface area contributed by atoms with Crippen molar-refractivity contribution in [2.24, 2.45) is 0 Å². The van der Waals surface area contributed by atoms with Gasteiger partial charge in [-0.1, -0.05) is 42.5 Å². The molecule has 0 amide bonds. The van der Waals surface area contributed by atoms with Crippen molar-refractivity contribution in [1.82, 2.24) is 9.55 Å². The molecule has 3 heteroatoms. The van der Waals surface area contributed by atoms with Gasteiger partial charge in [-0.25, -0.2) is 4.98 Å². The lowest BCUT2D eigenvalue weighted by Crippen LogP contribution is -2.22. The Bertz CT molecular complexity index is 724. The average Bonchev–Trinajstić information content (AvgIpc) is 2.79. The highest BCUT2D eigenvalue weighted by Crippen LogP contribution is 2.25. The molecule has 3 nitrogen and oxygen atoms in total. The summed E-state index contributed by atoms with van der Waals surface area (Å²) in [5.74, 6) is 0.697. The number of para-hydroxylation sites is 2. The maximum Gasteiger partial charge on any atom is 0.141 e. The summed E-state index contributed by atoms with van der Waals surface area (Å²) < 4.78 is 2.09. The summed E-state index contributed by atoms with van der Waals surface area (Å²) in [6.45, 7) is 4.26. The molecule has 1 aromatic heterocycles. The summed E-state index contributed by atoms with van der Waals surface area (Å²) in [5.41, 5.74) is 2.20. The lowest BCUT2D eigenvalue weighted by Gasteiger charge is -2.19. The molecule has 1 heterocycles. The summed E-state index contributed by atoms with van der Waals surface area (Å²) in [6.07, 6.45) is 0. The van der Waals surface area contributed by atoms with Crippen LogP contribution in [0.1, 0.15) is 25.2 Å².